The Bertz CT molecular complexity index is 945. The third-order valence-electron chi connectivity index (χ3n) is 14.1. The monoisotopic (exact) mass is 516 g/mol. The minimum atomic E-state index is -0.602. The van der Waals surface area contributed by atoms with E-state index < -0.39 is 6.16 Å². The molecule has 5 heteroatoms. The molecule has 2 spiro atoms. The van der Waals surface area contributed by atoms with E-state index in [4.69, 9.17) is 14.2 Å². The van der Waals surface area contributed by atoms with Gasteiger partial charge in [0, 0.05) is 0 Å². The number of carbonyl (C=O) groups excluding carboxylic acids is 1. The first-order chi connectivity index (χ1) is 17.3. The maximum absolute atomic E-state index is 12.0. The lowest BCUT2D eigenvalue weighted by atomic mass is 9.41. The highest BCUT2D eigenvalue weighted by Gasteiger charge is 2.83. The van der Waals surface area contributed by atoms with Crippen molar-refractivity contribution in [2.45, 2.75) is 131 Å². The summed E-state index contributed by atoms with van der Waals surface area (Å²) in [4.78, 5) is 12.0. The fraction of sp³-hybridized carbons (Fsp3) is 0.969. The Morgan fingerprint density at radius 2 is 1.65 bits per heavy atom. The lowest BCUT2D eigenvalue weighted by Crippen LogP contribution is -2.58. The van der Waals surface area contributed by atoms with E-state index in [1.54, 1.807) is 0 Å². The molecule has 1 N–H and O–H groups in total. The van der Waals surface area contributed by atoms with E-state index in [1.165, 1.54) is 45.6 Å². The molecular weight excluding hydrogens is 464 g/mol. The van der Waals surface area contributed by atoms with Gasteiger partial charge in [0.15, 0.2) is 0 Å². The van der Waals surface area contributed by atoms with Crippen LogP contribution in [0.3, 0.4) is 0 Å². The molecule has 12 atom stereocenters. The van der Waals surface area contributed by atoms with Crippen LogP contribution in [0.15, 0.2) is 0 Å². The molecule has 0 aromatic carbocycles. The Morgan fingerprint density at radius 1 is 0.973 bits per heavy atom. The van der Waals surface area contributed by atoms with E-state index in [-0.39, 0.29) is 46.6 Å². The first-order valence-corrected chi connectivity index (χ1v) is 15.4. The summed E-state index contributed by atoms with van der Waals surface area (Å²) in [5.41, 5.74) is 1.53. The number of hydrogen-bond donors (Lipinski definition) is 1. The molecule has 1 saturated heterocycles. The smallest absolute Gasteiger partial charge is 0.438 e. The second-order valence-corrected chi connectivity index (χ2v) is 15.8. The van der Waals surface area contributed by atoms with Crippen LogP contribution < -0.4 is 0 Å². The molecular formula is C32H52O5. The third kappa shape index (κ3) is 3.19. The van der Waals surface area contributed by atoms with Gasteiger partial charge < -0.3 is 19.3 Å². The van der Waals surface area contributed by atoms with Gasteiger partial charge in [0.2, 0.25) is 0 Å². The maximum atomic E-state index is 12.0. The van der Waals surface area contributed by atoms with Crippen molar-refractivity contribution in [3.8, 4) is 0 Å². The standard InChI is InChI=1S/C32H52O5/c1-18(2)26(37-27(34)35-8)20-15-19(3)25-21(36-20)16-30(7)23-10-9-22-28(4,5)24(33)11-12-31(22)17-32(23,31)14-13-29(25,30)6/h18-26,33H,9-17H2,1-8H3. The summed E-state index contributed by atoms with van der Waals surface area (Å²) in [7, 11) is 1.38. The van der Waals surface area contributed by atoms with Gasteiger partial charge in [-0.1, -0.05) is 48.5 Å². The Morgan fingerprint density at radius 3 is 2.32 bits per heavy atom. The molecule has 6 fully saturated rings. The maximum Gasteiger partial charge on any atom is 0.508 e. The molecule has 1 heterocycles. The number of fused-ring (bicyclic) bond motifs is 4. The fourth-order valence-corrected chi connectivity index (χ4v) is 12.4. The molecule has 0 bridgehead atoms. The summed E-state index contributed by atoms with van der Waals surface area (Å²) >= 11 is 0. The van der Waals surface area contributed by atoms with Crippen molar-refractivity contribution >= 4 is 6.16 Å². The molecule has 0 amide bonds. The van der Waals surface area contributed by atoms with Crippen LogP contribution in [-0.4, -0.2) is 42.8 Å². The fourth-order valence-electron chi connectivity index (χ4n) is 12.4. The zero-order valence-corrected chi connectivity index (χ0v) is 24.6. The van der Waals surface area contributed by atoms with Gasteiger partial charge in [-0.2, -0.15) is 0 Å². The highest BCUT2D eigenvalue weighted by atomic mass is 16.7. The number of methoxy groups -OCH3 is 1. The second kappa shape index (κ2) is 8.12. The average molecular weight is 517 g/mol. The summed E-state index contributed by atoms with van der Waals surface area (Å²) < 4.78 is 17.6. The number of ether oxygens (including phenoxy) is 3. The van der Waals surface area contributed by atoms with Gasteiger partial charge in [-0.25, -0.2) is 4.79 Å². The normalized spacial score (nSPS) is 54.2. The summed E-state index contributed by atoms with van der Waals surface area (Å²) in [5, 5.41) is 10.9. The number of aliphatic hydroxyl groups excluding tert-OH is 1. The predicted octanol–water partition coefficient (Wildman–Crippen LogP) is 7.00. The molecule has 0 aromatic rings. The van der Waals surface area contributed by atoms with E-state index in [0.717, 1.165) is 25.2 Å². The van der Waals surface area contributed by atoms with E-state index in [2.05, 4.69) is 48.5 Å². The Kier molecular flexibility index (Phi) is 5.79. The summed E-state index contributed by atoms with van der Waals surface area (Å²) in [6, 6.07) is 0. The molecule has 6 rings (SSSR count). The van der Waals surface area contributed by atoms with E-state index >= 15 is 0 Å². The average Bonchev–Trinajstić information content (AvgIpc) is 3.43. The molecule has 5 nitrogen and oxygen atoms in total. The Labute approximate surface area is 224 Å². The molecule has 6 aliphatic rings. The quantitative estimate of drug-likeness (QED) is 0.409. The van der Waals surface area contributed by atoms with E-state index in [9.17, 15) is 9.90 Å². The first kappa shape index (κ1) is 26.4. The van der Waals surface area contributed by atoms with Crippen LogP contribution in [0.5, 0.6) is 0 Å². The van der Waals surface area contributed by atoms with Crippen LogP contribution in [0.4, 0.5) is 4.79 Å². The zero-order chi connectivity index (χ0) is 26.8. The van der Waals surface area contributed by atoms with Crippen molar-refractivity contribution in [3.05, 3.63) is 0 Å². The third-order valence-corrected chi connectivity index (χ3v) is 14.1. The highest BCUT2D eigenvalue weighted by molar-refractivity contribution is 5.59. The zero-order valence-electron chi connectivity index (χ0n) is 24.6. The van der Waals surface area contributed by atoms with Crippen molar-refractivity contribution in [2.24, 2.45) is 56.7 Å². The molecule has 210 valence electrons. The first-order valence-electron chi connectivity index (χ1n) is 15.4. The van der Waals surface area contributed by atoms with Gasteiger partial charge in [0.05, 0.1) is 25.4 Å². The molecule has 0 radical (unpaired) electrons. The lowest BCUT2D eigenvalue weighted by Gasteiger charge is -2.63. The van der Waals surface area contributed by atoms with Crippen LogP contribution in [0, 0.1) is 56.7 Å². The SMILES string of the molecule is COC(=O)OC(C(C)C)C1CC(C)C2C(CC3(C)C4CCC5C(C)(C)C(O)CCC56CC46CCC23C)O1. The van der Waals surface area contributed by atoms with Crippen LogP contribution in [0.1, 0.15) is 106 Å². The number of hydrogen-bond acceptors (Lipinski definition) is 5. The Hall–Kier alpha value is -0.810. The topological polar surface area (TPSA) is 65.0 Å². The molecule has 37 heavy (non-hydrogen) atoms. The van der Waals surface area contributed by atoms with Gasteiger partial charge in [-0.15, -0.1) is 0 Å². The van der Waals surface area contributed by atoms with Gasteiger partial charge >= 0.3 is 6.16 Å². The van der Waals surface area contributed by atoms with E-state index in [1.807, 2.05) is 0 Å². The predicted molar refractivity (Wildman–Crippen MR) is 143 cm³/mol. The minimum Gasteiger partial charge on any atom is -0.438 e. The van der Waals surface area contributed by atoms with Crippen LogP contribution >= 0.6 is 0 Å². The number of rotatable bonds is 3. The summed E-state index contributed by atoms with van der Waals surface area (Å²) in [6.45, 7) is 16.6. The molecule has 5 aliphatic carbocycles. The molecule has 1 aliphatic heterocycles. The summed E-state index contributed by atoms with van der Waals surface area (Å²) in [5.74, 6) is 2.71. The Balaban J connectivity index is 1.29. The highest BCUT2D eigenvalue weighted by Crippen LogP contribution is 2.89. The summed E-state index contributed by atoms with van der Waals surface area (Å²) in [6.07, 6.45) is 10.1. The van der Waals surface area contributed by atoms with Crippen molar-refractivity contribution in [2.75, 3.05) is 7.11 Å². The molecule has 5 saturated carbocycles. The van der Waals surface area contributed by atoms with Crippen molar-refractivity contribution < 1.29 is 24.1 Å². The van der Waals surface area contributed by atoms with Crippen molar-refractivity contribution in [3.63, 3.8) is 0 Å². The minimum absolute atomic E-state index is 0.0361. The van der Waals surface area contributed by atoms with Gasteiger partial charge in [0.25, 0.3) is 0 Å². The second-order valence-electron chi connectivity index (χ2n) is 15.8. The van der Waals surface area contributed by atoms with E-state index in [0.29, 0.717) is 28.6 Å². The molecule has 12 unspecified atom stereocenters. The van der Waals surface area contributed by atoms with Gasteiger partial charge in [-0.3, -0.25) is 0 Å². The van der Waals surface area contributed by atoms with Crippen LogP contribution in [0.2, 0.25) is 0 Å². The van der Waals surface area contributed by atoms with Gasteiger partial charge in [-0.05, 0) is 114 Å². The number of carbonyl (C=O) groups is 1. The molecule has 0 aromatic heterocycles. The van der Waals surface area contributed by atoms with Crippen LogP contribution in [-0.2, 0) is 14.2 Å². The number of aliphatic hydroxyl groups is 1. The lowest BCUT2D eigenvalue weighted by molar-refractivity contribution is -0.177. The van der Waals surface area contributed by atoms with Crippen LogP contribution in [0.25, 0.3) is 0 Å². The largest absolute Gasteiger partial charge is 0.508 e. The van der Waals surface area contributed by atoms with Crippen molar-refractivity contribution in [1.82, 2.24) is 0 Å². The van der Waals surface area contributed by atoms with Gasteiger partial charge in [0.1, 0.15) is 6.10 Å². The van der Waals surface area contributed by atoms with Crippen molar-refractivity contribution in [1.29, 1.82) is 0 Å².